The Morgan fingerprint density at radius 2 is 2.26 bits per heavy atom. The lowest BCUT2D eigenvalue weighted by Gasteiger charge is -2.15. The normalized spacial score (nSPS) is 12.2. The minimum Gasteiger partial charge on any atom is -0.281 e. The first-order valence-corrected chi connectivity index (χ1v) is 8.40. The number of nitrogens with zero attached hydrogens (tertiary/aromatic N) is 2. The van der Waals surface area contributed by atoms with E-state index in [-0.39, 0.29) is 10.9 Å². The molecule has 0 aliphatic heterocycles. The van der Waals surface area contributed by atoms with Gasteiger partial charge in [-0.15, -0.1) is 22.9 Å². The quantitative estimate of drug-likeness (QED) is 0.860. The highest BCUT2D eigenvalue weighted by molar-refractivity contribution is 7.89. The number of aromatic nitrogens is 2. The van der Waals surface area contributed by atoms with E-state index in [1.54, 1.807) is 6.92 Å². The summed E-state index contributed by atoms with van der Waals surface area (Å²) in [5.41, 5.74) is 1.21. The van der Waals surface area contributed by atoms with Crippen LogP contribution in [0.4, 0.5) is 0 Å². The number of thiophene rings is 1. The lowest BCUT2D eigenvalue weighted by Crippen LogP contribution is -2.27. The average molecular weight is 320 g/mol. The highest BCUT2D eigenvalue weighted by atomic mass is 35.5. The van der Waals surface area contributed by atoms with Crippen LogP contribution in [-0.4, -0.2) is 30.0 Å². The van der Waals surface area contributed by atoms with Gasteiger partial charge in [-0.25, -0.2) is 8.42 Å². The van der Waals surface area contributed by atoms with Gasteiger partial charge >= 0.3 is 0 Å². The third-order valence-corrected chi connectivity index (χ3v) is 5.69. The smallest absolute Gasteiger partial charge is 0.262 e. The van der Waals surface area contributed by atoms with Crippen LogP contribution in [0.1, 0.15) is 16.1 Å². The number of rotatable bonds is 5. The summed E-state index contributed by atoms with van der Waals surface area (Å²) in [6, 6.07) is 3.79. The first-order chi connectivity index (χ1) is 8.96. The van der Waals surface area contributed by atoms with Gasteiger partial charge in [0.15, 0.2) is 5.03 Å². The van der Waals surface area contributed by atoms with Gasteiger partial charge in [0.1, 0.15) is 0 Å². The van der Waals surface area contributed by atoms with Gasteiger partial charge in [0.2, 0.25) is 0 Å². The predicted molar refractivity (Wildman–Crippen MR) is 75.9 cm³/mol. The van der Waals surface area contributed by atoms with Crippen LogP contribution in [0.3, 0.4) is 0 Å². The Morgan fingerprint density at radius 1 is 1.53 bits per heavy atom. The molecule has 0 unspecified atom stereocenters. The Morgan fingerprint density at radius 3 is 2.84 bits per heavy atom. The number of nitrogens with one attached hydrogen (secondary N) is 1. The Labute approximate surface area is 121 Å². The van der Waals surface area contributed by atoms with Gasteiger partial charge in [0.05, 0.1) is 5.88 Å². The molecule has 2 aromatic rings. The molecule has 0 amide bonds. The van der Waals surface area contributed by atoms with Crippen LogP contribution in [0.25, 0.3) is 0 Å². The topological polar surface area (TPSA) is 66.1 Å². The van der Waals surface area contributed by atoms with Crippen molar-refractivity contribution in [2.45, 2.75) is 24.4 Å². The van der Waals surface area contributed by atoms with Gasteiger partial charge in [0, 0.05) is 29.7 Å². The Bertz CT molecular complexity index is 650. The molecular formula is C11H14ClN3O2S2. The molecule has 0 aliphatic carbocycles. The lowest BCUT2D eigenvalue weighted by atomic mass is 10.3. The molecule has 2 rings (SSSR count). The molecule has 0 saturated carbocycles. The molecule has 1 N–H and O–H groups in total. The van der Waals surface area contributed by atoms with Crippen LogP contribution in [0.2, 0.25) is 0 Å². The molecule has 19 heavy (non-hydrogen) atoms. The Hall–Kier alpha value is -0.890. The predicted octanol–water partition coefficient (Wildman–Crippen LogP) is 2.34. The highest BCUT2D eigenvalue weighted by Gasteiger charge is 2.28. The van der Waals surface area contributed by atoms with Crippen molar-refractivity contribution in [3.05, 3.63) is 33.6 Å². The molecule has 0 atom stereocenters. The molecule has 2 aromatic heterocycles. The van der Waals surface area contributed by atoms with Crippen molar-refractivity contribution >= 4 is 33.0 Å². The number of alkyl halides is 1. The number of hydrogen-bond acceptors (Lipinski definition) is 4. The van der Waals surface area contributed by atoms with E-state index in [9.17, 15) is 8.42 Å². The summed E-state index contributed by atoms with van der Waals surface area (Å²) in [4.78, 5) is 0.978. The van der Waals surface area contributed by atoms with E-state index in [1.165, 1.54) is 22.7 Å². The molecule has 0 radical (unpaired) electrons. The van der Waals surface area contributed by atoms with Gasteiger partial charge in [-0.3, -0.25) is 5.10 Å². The molecule has 2 heterocycles. The first-order valence-electron chi connectivity index (χ1n) is 5.55. The second-order valence-corrected chi connectivity index (χ2v) is 7.37. The largest absolute Gasteiger partial charge is 0.281 e. The number of hydrogen-bond donors (Lipinski definition) is 1. The van der Waals surface area contributed by atoms with Crippen LogP contribution >= 0.6 is 22.9 Å². The number of H-pyrrole nitrogens is 1. The molecule has 0 saturated heterocycles. The van der Waals surface area contributed by atoms with E-state index in [0.29, 0.717) is 17.8 Å². The fourth-order valence-electron chi connectivity index (χ4n) is 1.66. The maximum atomic E-state index is 12.4. The second-order valence-electron chi connectivity index (χ2n) is 4.11. The monoisotopic (exact) mass is 319 g/mol. The fourth-order valence-corrected chi connectivity index (χ4v) is 4.20. The van der Waals surface area contributed by atoms with Crippen LogP contribution in [0.15, 0.2) is 22.5 Å². The number of halogens is 1. The van der Waals surface area contributed by atoms with Crippen LogP contribution in [0, 0.1) is 6.92 Å². The molecule has 0 fully saturated rings. The van der Waals surface area contributed by atoms with Gasteiger partial charge < -0.3 is 0 Å². The minimum absolute atomic E-state index is 0.0130. The first kappa shape index (κ1) is 14.5. The van der Waals surface area contributed by atoms with Gasteiger partial charge in [-0.05, 0) is 18.4 Å². The van der Waals surface area contributed by atoms with E-state index in [4.69, 9.17) is 11.6 Å². The van der Waals surface area contributed by atoms with Crippen LogP contribution in [0.5, 0.6) is 0 Å². The van der Waals surface area contributed by atoms with Crippen molar-refractivity contribution in [2.24, 2.45) is 0 Å². The van der Waals surface area contributed by atoms with E-state index < -0.39 is 10.0 Å². The Balaban J connectivity index is 2.31. The summed E-state index contributed by atoms with van der Waals surface area (Å²) in [6.45, 7) is 2.08. The van der Waals surface area contributed by atoms with E-state index >= 15 is 0 Å². The standard InChI is InChI=1S/C11H14ClN3O2S2/c1-8-10(6-12)11(14-13-8)19(16,17)15(2)7-9-4-3-5-18-9/h3-5H,6-7H2,1-2H3,(H,13,14). The van der Waals surface area contributed by atoms with E-state index in [2.05, 4.69) is 10.2 Å². The van der Waals surface area contributed by atoms with Crippen molar-refractivity contribution in [1.82, 2.24) is 14.5 Å². The number of aromatic amines is 1. The summed E-state index contributed by atoms with van der Waals surface area (Å²) in [5.74, 6) is 0.115. The van der Waals surface area contributed by atoms with Crippen molar-refractivity contribution in [1.29, 1.82) is 0 Å². The molecule has 0 spiro atoms. The highest BCUT2D eigenvalue weighted by Crippen LogP contribution is 2.23. The van der Waals surface area contributed by atoms with Crippen molar-refractivity contribution in [3.63, 3.8) is 0 Å². The van der Waals surface area contributed by atoms with Gasteiger partial charge in [0.25, 0.3) is 10.0 Å². The summed E-state index contributed by atoms with van der Waals surface area (Å²) in [6.07, 6.45) is 0. The summed E-state index contributed by atoms with van der Waals surface area (Å²) < 4.78 is 26.2. The van der Waals surface area contributed by atoms with E-state index in [1.807, 2.05) is 17.5 Å². The molecule has 104 valence electrons. The molecular weight excluding hydrogens is 306 g/mol. The molecule has 8 heteroatoms. The maximum absolute atomic E-state index is 12.4. The van der Waals surface area contributed by atoms with Gasteiger partial charge in [-0.2, -0.15) is 9.40 Å². The zero-order valence-corrected chi connectivity index (χ0v) is 12.9. The zero-order chi connectivity index (χ0) is 14.0. The molecule has 0 bridgehead atoms. The summed E-state index contributed by atoms with van der Waals surface area (Å²) in [7, 11) is -2.09. The van der Waals surface area contributed by atoms with Crippen molar-refractivity contribution in [3.8, 4) is 0 Å². The maximum Gasteiger partial charge on any atom is 0.262 e. The van der Waals surface area contributed by atoms with E-state index in [0.717, 1.165) is 4.88 Å². The third kappa shape index (κ3) is 2.84. The third-order valence-electron chi connectivity index (χ3n) is 2.78. The minimum atomic E-state index is -3.62. The lowest BCUT2D eigenvalue weighted by molar-refractivity contribution is 0.466. The Kier molecular flexibility index (Phi) is 4.29. The van der Waals surface area contributed by atoms with Crippen LogP contribution in [-0.2, 0) is 22.4 Å². The van der Waals surface area contributed by atoms with Crippen molar-refractivity contribution in [2.75, 3.05) is 7.05 Å². The summed E-state index contributed by atoms with van der Waals surface area (Å²) >= 11 is 7.31. The SMILES string of the molecule is Cc1[nH]nc(S(=O)(=O)N(C)Cc2cccs2)c1CCl. The molecule has 0 aliphatic rings. The second kappa shape index (κ2) is 5.62. The zero-order valence-electron chi connectivity index (χ0n) is 10.6. The average Bonchev–Trinajstić information content (AvgIpc) is 2.98. The number of aryl methyl sites for hydroxylation is 1. The van der Waals surface area contributed by atoms with Crippen LogP contribution < -0.4 is 0 Å². The van der Waals surface area contributed by atoms with Gasteiger partial charge in [-0.1, -0.05) is 6.07 Å². The fraction of sp³-hybridized carbons (Fsp3) is 0.364. The molecule has 5 nitrogen and oxygen atoms in total. The van der Waals surface area contributed by atoms with Crippen molar-refractivity contribution < 1.29 is 8.42 Å². The number of sulfonamides is 1. The molecule has 0 aromatic carbocycles. The summed E-state index contributed by atoms with van der Waals surface area (Å²) in [5, 5.41) is 8.47.